The number of aromatic nitrogens is 2. The van der Waals surface area contributed by atoms with Gasteiger partial charge in [-0.15, -0.1) is 0 Å². The number of halogens is 3. The molecule has 0 aliphatic rings. The summed E-state index contributed by atoms with van der Waals surface area (Å²) in [5.41, 5.74) is 1.13. The lowest BCUT2D eigenvalue weighted by molar-refractivity contribution is -0.0128. The molecule has 1 heterocycles. The minimum Gasteiger partial charge on any atom is -0.379 e. The Morgan fingerprint density at radius 2 is 1.95 bits per heavy atom. The van der Waals surface area contributed by atoms with Crippen LogP contribution in [0.2, 0.25) is 5.02 Å². The van der Waals surface area contributed by atoms with Crippen LogP contribution in [0.3, 0.4) is 0 Å². The average molecular weight is 301 g/mol. The quantitative estimate of drug-likeness (QED) is 0.887. The summed E-state index contributed by atoms with van der Waals surface area (Å²) >= 11 is 5.80. The second-order valence-corrected chi connectivity index (χ2v) is 4.92. The summed E-state index contributed by atoms with van der Waals surface area (Å²) in [5, 5.41) is 10.1. The van der Waals surface area contributed by atoms with Crippen LogP contribution in [0.15, 0.2) is 36.7 Å². The van der Waals surface area contributed by atoms with E-state index in [4.69, 9.17) is 11.6 Å². The van der Waals surface area contributed by atoms with Crippen LogP contribution in [-0.4, -0.2) is 21.1 Å². The second-order valence-electron chi connectivity index (χ2n) is 4.49. The molecule has 108 valence electrons. The molecule has 3 nitrogen and oxygen atoms in total. The third kappa shape index (κ3) is 3.77. The van der Waals surface area contributed by atoms with Crippen LogP contribution in [0.4, 0.5) is 8.78 Å². The maximum Gasteiger partial charge on any atom is 0.271 e. The van der Waals surface area contributed by atoms with Gasteiger partial charge in [-0.3, -0.25) is 0 Å². The van der Waals surface area contributed by atoms with Crippen molar-refractivity contribution in [3.05, 3.63) is 53.1 Å². The fraction of sp³-hybridized carbons (Fsp3) is 0.357. The first-order valence-corrected chi connectivity index (χ1v) is 6.67. The normalized spacial score (nSPS) is 12.8. The van der Waals surface area contributed by atoms with E-state index in [1.807, 2.05) is 24.3 Å². The van der Waals surface area contributed by atoms with Gasteiger partial charge in [0.1, 0.15) is 5.82 Å². The Morgan fingerprint density at radius 1 is 1.25 bits per heavy atom. The van der Waals surface area contributed by atoms with E-state index in [2.05, 4.69) is 4.98 Å². The maximum absolute atomic E-state index is 12.5. The van der Waals surface area contributed by atoms with Gasteiger partial charge in [0.25, 0.3) is 6.43 Å². The van der Waals surface area contributed by atoms with Crippen LogP contribution in [0.1, 0.15) is 23.9 Å². The zero-order chi connectivity index (χ0) is 14.5. The van der Waals surface area contributed by atoms with Crippen molar-refractivity contribution in [3.63, 3.8) is 0 Å². The number of aliphatic hydroxyl groups is 1. The largest absolute Gasteiger partial charge is 0.379 e. The SMILES string of the molecule is OC(c1nccn1CCCc1ccc(Cl)cc1)C(F)F. The van der Waals surface area contributed by atoms with E-state index >= 15 is 0 Å². The number of rotatable bonds is 6. The summed E-state index contributed by atoms with van der Waals surface area (Å²) in [7, 11) is 0. The zero-order valence-electron chi connectivity index (χ0n) is 10.7. The fourth-order valence-electron chi connectivity index (χ4n) is 1.99. The number of aryl methyl sites for hydroxylation is 2. The third-order valence-corrected chi connectivity index (χ3v) is 3.28. The first-order valence-electron chi connectivity index (χ1n) is 6.29. The summed E-state index contributed by atoms with van der Waals surface area (Å²) in [4.78, 5) is 3.79. The Labute approximate surface area is 120 Å². The van der Waals surface area contributed by atoms with Gasteiger partial charge in [-0.05, 0) is 30.5 Å². The van der Waals surface area contributed by atoms with E-state index in [0.29, 0.717) is 11.6 Å². The van der Waals surface area contributed by atoms with Gasteiger partial charge < -0.3 is 9.67 Å². The molecule has 0 aliphatic carbocycles. The van der Waals surface area contributed by atoms with Crippen molar-refractivity contribution >= 4 is 11.6 Å². The highest BCUT2D eigenvalue weighted by atomic mass is 35.5. The van der Waals surface area contributed by atoms with Crippen LogP contribution in [-0.2, 0) is 13.0 Å². The van der Waals surface area contributed by atoms with Gasteiger partial charge >= 0.3 is 0 Å². The van der Waals surface area contributed by atoms with Crippen LogP contribution in [0.5, 0.6) is 0 Å². The molecule has 0 saturated carbocycles. The summed E-state index contributed by atoms with van der Waals surface area (Å²) in [5.74, 6) is 0.0103. The molecule has 1 aromatic heterocycles. The molecule has 1 aromatic carbocycles. The molecule has 6 heteroatoms. The molecule has 0 spiro atoms. The lowest BCUT2D eigenvalue weighted by Gasteiger charge is -2.12. The van der Waals surface area contributed by atoms with E-state index < -0.39 is 12.5 Å². The number of hydrogen-bond donors (Lipinski definition) is 1. The number of aliphatic hydroxyl groups excluding tert-OH is 1. The molecular weight excluding hydrogens is 286 g/mol. The predicted molar refractivity (Wildman–Crippen MR) is 73.0 cm³/mol. The first-order chi connectivity index (χ1) is 9.58. The van der Waals surface area contributed by atoms with Gasteiger partial charge in [0.15, 0.2) is 6.10 Å². The smallest absolute Gasteiger partial charge is 0.271 e. The number of benzene rings is 1. The molecule has 0 amide bonds. The standard InChI is InChI=1S/C14H15ClF2N2O/c15-11-5-3-10(4-6-11)2-1-8-19-9-7-18-14(19)12(20)13(16)17/h3-7,9,12-13,20H,1-2,8H2. The lowest BCUT2D eigenvalue weighted by atomic mass is 10.1. The van der Waals surface area contributed by atoms with E-state index in [1.54, 1.807) is 10.8 Å². The lowest BCUT2D eigenvalue weighted by Crippen LogP contribution is -2.15. The van der Waals surface area contributed by atoms with Crippen molar-refractivity contribution in [3.8, 4) is 0 Å². The second kappa shape index (κ2) is 6.81. The predicted octanol–water partition coefficient (Wildman–Crippen LogP) is 3.47. The molecule has 1 atom stereocenters. The van der Waals surface area contributed by atoms with Crippen molar-refractivity contribution in [2.75, 3.05) is 0 Å². The Morgan fingerprint density at radius 3 is 2.60 bits per heavy atom. The van der Waals surface area contributed by atoms with Crippen LogP contribution in [0.25, 0.3) is 0 Å². The van der Waals surface area contributed by atoms with Crippen molar-refractivity contribution in [2.45, 2.75) is 31.9 Å². The molecule has 0 fully saturated rings. The molecular formula is C14H15ClF2N2O. The van der Waals surface area contributed by atoms with Gasteiger partial charge in [-0.2, -0.15) is 0 Å². The Bertz CT molecular complexity index is 542. The van der Waals surface area contributed by atoms with Crippen molar-refractivity contribution in [2.24, 2.45) is 0 Å². The monoisotopic (exact) mass is 300 g/mol. The molecule has 20 heavy (non-hydrogen) atoms. The number of hydrogen-bond acceptors (Lipinski definition) is 2. The van der Waals surface area contributed by atoms with Gasteiger partial charge in [-0.25, -0.2) is 13.8 Å². The highest BCUT2D eigenvalue weighted by Gasteiger charge is 2.23. The van der Waals surface area contributed by atoms with Crippen LogP contribution in [0, 0.1) is 0 Å². The van der Waals surface area contributed by atoms with E-state index in [-0.39, 0.29) is 5.82 Å². The fourth-order valence-corrected chi connectivity index (χ4v) is 2.12. The Hall–Kier alpha value is -1.46. The van der Waals surface area contributed by atoms with E-state index in [1.165, 1.54) is 6.20 Å². The Balaban J connectivity index is 1.91. The summed E-state index contributed by atoms with van der Waals surface area (Å²) in [6.45, 7) is 0.530. The summed E-state index contributed by atoms with van der Waals surface area (Å²) in [6.07, 6.45) is -0.0695. The number of imidazole rings is 1. The minimum atomic E-state index is -2.83. The summed E-state index contributed by atoms with van der Waals surface area (Å²) in [6, 6.07) is 7.51. The van der Waals surface area contributed by atoms with Gasteiger partial charge in [0.2, 0.25) is 0 Å². The van der Waals surface area contributed by atoms with Crippen LogP contribution < -0.4 is 0 Å². The highest BCUT2D eigenvalue weighted by molar-refractivity contribution is 6.30. The van der Waals surface area contributed by atoms with E-state index in [9.17, 15) is 13.9 Å². The van der Waals surface area contributed by atoms with Gasteiger partial charge in [0, 0.05) is 24.0 Å². The topological polar surface area (TPSA) is 38.1 Å². The molecule has 0 radical (unpaired) electrons. The zero-order valence-corrected chi connectivity index (χ0v) is 11.5. The molecule has 0 saturated heterocycles. The molecule has 2 aromatic rings. The van der Waals surface area contributed by atoms with Gasteiger partial charge in [0.05, 0.1) is 0 Å². The minimum absolute atomic E-state index is 0.0103. The molecule has 0 aliphatic heterocycles. The van der Waals surface area contributed by atoms with Crippen molar-refractivity contribution in [1.82, 2.24) is 9.55 Å². The molecule has 2 rings (SSSR count). The number of nitrogens with zero attached hydrogens (tertiary/aromatic N) is 2. The highest BCUT2D eigenvalue weighted by Crippen LogP contribution is 2.19. The van der Waals surface area contributed by atoms with E-state index in [0.717, 1.165) is 18.4 Å². The number of alkyl halides is 2. The van der Waals surface area contributed by atoms with Gasteiger partial charge in [-0.1, -0.05) is 23.7 Å². The molecule has 1 N–H and O–H groups in total. The van der Waals surface area contributed by atoms with Crippen molar-refractivity contribution < 1.29 is 13.9 Å². The van der Waals surface area contributed by atoms with Crippen molar-refractivity contribution in [1.29, 1.82) is 0 Å². The maximum atomic E-state index is 12.5. The third-order valence-electron chi connectivity index (χ3n) is 3.03. The average Bonchev–Trinajstić information content (AvgIpc) is 2.88. The molecule has 0 bridgehead atoms. The van der Waals surface area contributed by atoms with Crippen LogP contribution >= 0.6 is 11.6 Å². The first kappa shape index (κ1) is 14.9. The Kier molecular flexibility index (Phi) is 5.09. The molecule has 1 unspecified atom stereocenters. The summed E-state index contributed by atoms with van der Waals surface area (Å²) < 4.78 is 26.5.